The molecule has 0 N–H and O–H groups in total. The molecule has 2 fully saturated rings. The molecule has 4 rings (SSSR count). The van der Waals surface area contributed by atoms with E-state index in [1.165, 1.54) is 6.33 Å². The first-order valence-electron chi connectivity index (χ1n) is 9.11. The highest BCUT2D eigenvalue weighted by Crippen LogP contribution is 2.29. The van der Waals surface area contributed by atoms with Crippen LogP contribution in [0, 0.1) is 0 Å². The number of ether oxygens (including phenoxy) is 1. The van der Waals surface area contributed by atoms with Gasteiger partial charge in [0.25, 0.3) is 5.91 Å². The third-order valence-corrected chi connectivity index (χ3v) is 5.40. The van der Waals surface area contributed by atoms with Gasteiger partial charge in [0.15, 0.2) is 0 Å². The zero-order chi connectivity index (χ0) is 18.8. The maximum atomic E-state index is 13.3. The van der Waals surface area contributed by atoms with E-state index < -0.39 is 6.04 Å². The van der Waals surface area contributed by atoms with Crippen molar-refractivity contribution in [2.24, 2.45) is 0 Å². The Bertz CT molecular complexity index is 814. The van der Waals surface area contributed by atoms with Gasteiger partial charge in [0.1, 0.15) is 18.1 Å². The summed E-state index contributed by atoms with van der Waals surface area (Å²) in [5, 5.41) is 0. The summed E-state index contributed by atoms with van der Waals surface area (Å²) < 4.78 is 5.47. The van der Waals surface area contributed by atoms with E-state index >= 15 is 0 Å². The Hall–Kier alpha value is -2.80. The molecule has 140 valence electrons. The van der Waals surface area contributed by atoms with Crippen molar-refractivity contribution in [3.8, 4) is 0 Å². The first kappa shape index (κ1) is 17.6. The molecule has 7 nitrogen and oxygen atoms in total. The van der Waals surface area contributed by atoms with Crippen LogP contribution in [-0.2, 0) is 16.0 Å². The predicted octanol–water partition coefficient (Wildman–Crippen LogP) is 1.16. The van der Waals surface area contributed by atoms with Crippen LogP contribution >= 0.6 is 0 Å². The molecule has 27 heavy (non-hydrogen) atoms. The number of fused-ring (bicyclic) bond motifs is 1. The lowest BCUT2D eigenvalue weighted by Gasteiger charge is -2.42. The average molecular weight is 366 g/mol. The topological polar surface area (TPSA) is 75.6 Å². The largest absolute Gasteiger partial charge is 0.380 e. The Kier molecular flexibility index (Phi) is 4.85. The van der Waals surface area contributed by atoms with E-state index in [9.17, 15) is 9.59 Å². The van der Waals surface area contributed by atoms with Crippen molar-refractivity contribution < 1.29 is 14.3 Å². The van der Waals surface area contributed by atoms with Gasteiger partial charge in [-0.2, -0.15) is 0 Å². The lowest BCUT2D eigenvalue weighted by molar-refractivity contribution is -0.142. The molecule has 2 aromatic rings. The number of carbonyl (C=O) groups excluding carboxylic acids is 2. The zero-order valence-electron chi connectivity index (χ0n) is 15.2. The van der Waals surface area contributed by atoms with Gasteiger partial charge in [-0.05, 0) is 18.1 Å². The molecule has 1 aromatic heterocycles. The third kappa shape index (κ3) is 3.42. The first-order valence-corrected chi connectivity index (χ1v) is 9.11. The maximum absolute atomic E-state index is 13.3. The summed E-state index contributed by atoms with van der Waals surface area (Å²) in [6, 6.07) is 10.8. The van der Waals surface area contributed by atoms with E-state index in [0.29, 0.717) is 25.2 Å². The highest BCUT2D eigenvalue weighted by Gasteiger charge is 2.47. The third-order valence-electron chi connectivity index (χ3n) is 5.40. The summed E-state index contributed by atoms with van der Waals surface area (Å²) >= 11 is 0. The summed E-state index contributed by atoms with van der Waals surface area (Å²) in [7, 11) is 1.67. The summed E-state index contributed by atoms with van der Waals surface area (Å²) in [4.78, 5) is 37.9. The van der Waals surface area contributed by atoms with Crippen LogP contribution in [0.15, 0.2) is 48.9 Å². The zero-order valence-corrected chi connectivity index (χ0v) is 15.2. The average Bonchev–Trinajstić information content (AvgIpc) is 3.14. The molecule has 0 unspecified atom stereocenters. The highest BCUT2D eigenvalue weighted by atomic mass is 16.5. The minimum atomic E-state index is -0.540. The van der Waals surface area contributed by atoms with Crippen LogP contribution in [0.2, 0.25) is 0 Å². The van der Waals surface area contributed by atoms with Gasteiger partial charge in [-0.1, -0.05) is 30.3 Å². The summed E-state index contributed by atoms with van der Waals surface area (Å²) in [6.45, 7) is 1.08. The molecule has 3 atom stereocenters. The molecule has 3 heterocycles. The molecule has 0 aliphatic carbocycles. The number of benzene rings is 1. The number of hydrogen-bond acceptors (Lipinski definition) is 5. The van der Waals surface area contributed by atoms with Gasteiger partial charge in [0.05, 0.1) is 12.1 Å². The van der Waals surface area contributed by atoms with Crippen LogP contribution in [0.3, 0.4) is 0 Å². The van der Waals surface area contributed by atoms with Crippen molar-refractivity contribution >= 4 is 11.8 Å². The minimum Gasteiger partial charge on any atom is -0.380 e. The Labute approximate surface area is 158 Å². The van der Waals surface area contributed by atoms with Gasteiger partial charge < -0.3 is 14.5 Å². The smallest absolute Gasteiger partial charge is 0.273 e. The highest BCUT2D eigenvalue weighted by molar-refractivity contribution is 5.97. The number of amides is 2. The molecule has 2 aliphatic heterocycles. The summed E-state index contributed by atoms with van der Waals surface area (Å²) in [5.41, 5.74) is 1.34. The second kappa shape index (κ2) is 7.44. The maximum Gasteiger partial charge on any atom is 0.273 e. The molecule has 2 aliphatic rings. The summed E-state index contributed by atoms with van der Waals surface area (Å²) in [6.07, 6.45) is 4.14. The van der Waals surface area contributed by atoms with E-state index in [4.69, 9.17) is 4.74 Å². The fourth-order valence-electron chi connectivity index (χ4n) is 3.99. The van der Waals surface area contributed by atoms with Crippen molar-refractivity contribution in [3.05, 3.63) is 60.2 Å². The van der Waals surface area contributed by atoms with E-state index in [-0.39, 0.29) is 24.0 Å². The first-order chi connectivity index (χ1) is 13.2. The molecule has 0 radical (unpaired) electrons. The lowest BCUT2D eigenvalue weighted by atomic mass is 9.98. The van der Waals surface area contributed by atoms with Crippen LogP contribution in [0.25, 0.3) is 0 Å². The standard InChI is InChI=1S/C20H22N4O3/c1-27-16-10-15-11-24(19(25)17-7-8-21-13-22-17)18(20(26)23(15)12-16)9-14-5-3-2-4-6-14/h2-8,13,15-16,18H,9-12H2,1H3/t15-,16-,18-/m0/s1. The van der Waals surface area contributed by atoms with Crippen molar-refractivity contribution in [1.82, 2.24) is 19.8 Å². The van der Waals surface area contributed by atoms with Crippen molar-refractivity contribution in [2.75, 3.05) is 20.2 Å². The van der Waals surface area contributed by atoms with Gasteiger partial charge in [-0.15, -0.1) is 0 Å². The number of methoxy groups -OCH3 is 1. The van der Waals surface area contributed by atoms with Crippen LogP contribution in [0.4, 0.5) is 0 Å². The van der Waals surface area contributed by atoms with Gasteiger partial charge in [0, 0.05) is 32.8 Å². The van der Waals surface area contributed by atoms with Crippen LogP contribution in [-0.4, -0.2) is 70.0 Å². The number of carbonyl (C=O) groups is 2. The van der Waals surface area contributed by atoms with Crippen molar-refractivity contribution in [1.29, 1.82) is 0 Å². The van der Waals surface area contributed by atoms with E-state index in [0.717, 1.165) is 12.0 Å². The Balaban J connectivity index is 1.65. The Morgan fingerprint density at radius 2 is 2.04 bits per heavy atom. The monoisotopic (exact) mass is 366 g/mol. The molecule has 0 bridgehead atoms. The second-order valence-electron chi connectivity index (χ2n) is 7.00. The molecular formula is C20H22N4O3. The van der Waals surface area contributed by atoms with Gasteiger partial charge in [0.2, 0.25) is 5.91 Å². The van der Waals surface area contributed by atoms with E-state index in [2.05, 4.69) is 9.97 Å². The fraction of sp³-hybridized carbons (Fsp3) is 0.400. The second-order valence-corrected chi connectivity index (χ2v) is 7.00. The predicted molar refractivity (Wildman–Crippen MR) is 97.9 cm³/mol. The van der Waals surface area contributed by atoms with Crippen molar-refractivity contribution in [2.45, 2.75) is 31.0 Å². The number of hydrogen-bond donors (Lipinski definition) is 0. The number of piperazine rings is 1. The Morgan fingerprint density at radius 1 is 1.22 bits per heavy atom. The fourth-order valence-corrected chi connectivity index (χ4v) is 3.99. The SMILES string of the molecule is CO[C@H]1C[C@H]2CN(C(=O)c3ccncn3)[C@@H](Cc3ccccc3)C(=O)N2C1. The lowest BCUT2D eigenvalue weighted by Crippen LogP contribution is -2.62. The van der Waals surface area contributed by atoms with E-state index in [1.807, 2.05) is 35.2 Å². The summed E-state index contributed by atoms with van der Waals surface area (Å²) in [5.74, 6) is -0.246. The Morgan fingerprint density at radius 3 is 2.74 bits per heavy atom. The molecule has 2 saturated heterocycles. The van der Waals surface area contributed by atoms with Crippen LogP contribution in [0.1, 0.15) is 22.5 Å². The van der Waals surface area contributed by atoms with E-state index in [1.54, 1.807) is 24.3 Å². The minimum absolute atomic E-state index is 0.0136. The van der Waals surface area contributed by atoms with Gasteiger partial charge >= 0.3 is 0 Å². The van der Waals surface area contributed by atoms with Gasteiger partial charge in [-0.25, -0.2) is 9.97 Å². The van der Waals surface area contributed by atoms with Gasteiger partial charge in [-0.3, -0.25) is 9.59 Å². The molecule has 2 amide bonds. The number of nitrogens with zero attached hydrogens (tertiary/aromatic N) is 4. The quantitative estimate of drug-likeness (QED) is 0.812. The number of aromatic nitrogens is 2. The van der Waals surface area contributed by atoms with Crippen LogP contribution in [0.5, 0.6) is 0 Å². The molecule has 0 saturated carbocycles. The normalized spacial score (nSPS) is 24.8. The molecule has 7 heteroatoms. The number of rotatable bonds is 4. The van der Waals surface area contributed by atoms with Crippen LogP contribution < -0.4 is 0 Å². The molecule has 0 spiro atoms. The molecule has 1 aromatic carbocycles. The molecular weight excluding hydrogens is 344 g/mol. The van der Waals surface area contributed by atoms with Crippen molar-refractivity contribution in [3.63, 3.8) is 0 Å².